The number of rotatable bonds is 14. The predicted molar refractivity (Wildman–Crippen MR) is 157 cm³/mol. The summed E-state index contributed by atoms with van der Waals surface area (Å²) in [5.41, 5.74) is 1.66. The van der Waals surface area contributed by atoms with E-state index in [4.69, 9.17) is 30.6 Å². The zero-order valence-corrected chi connectivity index (χ0v) is 25.0. The van der Waals surface area contributed by atoms with Gasteiger partial charge in [-0.15, -0.1) is 0 Å². The maximum atomic E-state index is 11.2. The van der Waals surface area contributed by atoms with Crippen LogP contribution in [-0.2, 0) is 28.8 Å². The molecule has 2 aliphatic heterocycles. The minimum Gasteiger partial charge on any atom is -0.481 e. The molecule has 2 aliphatic rings. The Balaban J connectivity index is 0.000000440. The molecule has 0 aromatic carbocycles. The molecule has 0 saturated carbocycles. The van der Waals surface area contributed by atoms with Crippen molar-refractivity contribution in [2.24, 2.45) is 35.5 Å². The fraction of sp³-hybridized carbons (Fsp3) is 0.533. The Morgan fingerprint density at radius 2 is 0.955 bits per heavy atom. The summed E-state index contributed by atoms with van der Waals surface area (Å²) in [7, 11) is 0. The number of carboxylic acids is 6. The molecule has 2 fully saturated rings. The molecule has 0 unspecified atom stereocenters. The summed E-state index contributed by atoms with van der Waals surface area (Å²) in [6.45, 7) is 7.46. The van der Waals surface area contributed by atoms with Crippen LogP contribution in [0.2, 0.25) is 0 Å². The van der Waals surface area contributed by atoms with Gasteiger partial charge in [0.1, 0.15) is 12.1 Å². The smallest absolute Gasteiger partial charge is 0.321 e. The van der Waals surface area contributed by atoms with E-state index in [0.717, 1.165) is 11.1 Å². The van der Waals surface area contributed by atoms with Crippen LogP contribution in [0.4, 0.5) is 0 Å². The SMILES string of the molecule is C/C(=C/C=C/[C@@H](C)C(=O)O)[C@H]1CN[C@H](C(=O)O)[C@H]1CC(=O)O.C/C(=C/C=C/[C@@H](C)C(=O)O)[C@H]1CN[C@H](C(=O)O)[C@H]1CC(=O)O. The molecule has 14 nitrogen and oxygen atoms in total. The fourth-order valence-electron chi connectivity index (χ4n) is 5.20. The van der Waals surface area contributed by atoms with E-state index in [1.165, 1.54) is 12.2 Å². The number of nitrogens with one attached hydrogen (secondary N) is 2. The predicted octanol–water partition coefficient (Wildman–Crippen LogP) is 1.95. The molecule has 244 valence electrons. The van der Waals surface area contributed by atoms with Crippen molar-refractivity contribution in [2.45, 2.75) is 52.6 Å². The van der Waals surface area contributed by atoms with Crippen molar-refractivity contribution in [1.29, 1.82) is 0 Å². The third-order valence-electron chi connectivity index (χ3n) is 7.82. The number of carboxylic acid groups (broad SMARTS) is 6. The Kier molecular flexibility index (Phi) is 15.2. The van der Waals surface area contributed by atoms with Crippen LogP contribution in [0.1, 0.15) is 40.5 Å². The van der Waals surface area contributed by atoms with Crippen molar-refractivity contribution in [3.8, 4) is 0 Å². The Morgan fingerprint density at radius 1 is 0.636 bits per heavy atom. The highest BCUT2D eigenvalue weighted by Gasteiger charge is 2.42. The van der Waals surface area contributed by atoms with Crippen LogP contribution >= 0.6 is 0 Å². The molecule has 0 aromatic heterocycles. The largest absolute Gasteiger partial charge is 0.481 e. The van der Waals surface area contributed by atoms with Crippen molar-refractivity contribution in [2.75, 3.05) is 13.1 Å². The van der Waals surface area contributed by atoms with Gasteiger partial charge in [-0.05, 0) is 39.5 Å². The van der Waals surface area contributed by atoms with E-state index in [1.54, 1.807) is 52.0 Å². The summed E-state index contributed by atoms with van der Waals surface area (Å²) in [5, 5.41) is 59.5. The van der Waals surface area contributed by atoms with Crippen molar-refractivity contribution < 1.29 is 59.4 Å². The zero-order chi connectivity index (χ0) is 33.7. The molecule has 8 atom stereocenters. The van der Waals surface area contributed by atoms with Gasteiger partial charge in [0.15, 0.2) is 0 Å². The quantitative estimate of drug-likeness (QED) is 0.129. The van der Waals surface area contributed by atoms with Gasteiger partial charge < -0.3 is 41.3 Å². The Bertz CT molecular complexity index is 1110. The Hall–Kier alpha value is -4.30. The van der Waals surface area contributed by atoms with E-state index in [9.17, 15) is 28.8 Å². The summed E-state index contributed by atoms with van der Waals surface area (Å²) < 4.78 is 0. The molecular formula is C30H42N2O12. The van der Waals surface area contributed by atoms with Gasteiger partial charge in [0.25, 0.3) is 0 Å². The molecule has 2 rings (SSSR count). The monoisotopic (exact) mass is 622 g/mol. The van der Waals surface area contributed by atoms with Crippen LogP contribution in [0.25, 0.3) is 0 Å². The van der Waals surface area contributed by atoms with Crippen molar-refractivity contribution in [3.05, 3.63) is 47.6 Å². The lowest BCUT2D eigenvalue weighted by molar-refractivity contribution is -0.144. The maximum absolute atomic E-state index is 11.2. The van der Waals surface area contributed by atoms with Gasteiger partial charge >= 0.3 is 35.8 Å². The number of hydrogen-bond donors (Lipinski definition) is 8. The van der Waals surface area contributed by atoms with Gasteiger partial charge in [-0.2, -0.15) is 0 Å². The zero-order valence-electron chi connectivity index (χ0n) is 25.0. The molecule has 0 aliphatic carbocycles. The summed E-state index contributed by atoms with van der Waals surface area (Å²) in [5.74, 6) is -8.76. The third kappa shape index (κ3) is 11.8. The second-order valence-corrected chi connectivity index (χ2v) is 11.0. The number of aliphatic carboxylic acids is 6. The molecule has 44 heavy (non-hydrogen) atoms. The van der Waals surface area contributed by atoms with Gasteiger partial charge in [-0.25, -0.2) is 0 Å². The van der Waals surface area contributed by atoms with E-state index in [-0.39, 0.29) is 24.7 Å². The van der Waals surface area contributed by atoms with Crippen molar-refractivity contribution >= 4 is 35.8 Å². The van der Waals surface area contributed by atoms with Gasteiger partial charge in [-0.1, -0.05) is 47.6 Å². The van der Waals surface area contributed by atoms with Crippen LogP contribution < -0.4 is 10.6 Å². The average molecular weight is 623 g/mol. The normalized spacial score (nSPS) is 27.0. The summed E-state index contributed by atoms with van der Waals surface area (Å²) in [6, 6.07) is -1.77. The highest BCUT2D eigenvalue weighted by molar-refractivity contribution is 5.77. The highest BCUT2D eigenvalue weighted by Crippen LogP contribution is 2.33. The number of allylic oxidation sites excluding steroid dienone is 4. The molecule has 2 saturated heterocycles. The van der Waals surface area contributed by atoms with E-state index in [1.807, 2.05) is 0 Å². The van der Waals surface area contributed by atoms with Crippen LogP contribution in [0, 0.1) is 35.5 Å². The van der Waals surface area contributed by atoms with Gasteiger partial charge in [0, 0.05) is 24.9 Å². The molecule has 2 heterocycles. The molecule has 0 amide bonds. The van der Waals surface area contributed by atoms with Gasteiger partial charge in [0.05, 0.1) is 24.7 Å². The van der Waals surface area contributed by atoms with Crippen molar-refractivity contribution in [1.82, 2.24) is 10.6 Å². The lowest BCUT2D eigenvalue weighted by Gasteiger charge is -2.20. The third-order valence-corrected chi connectivity index (χ3v) is 7.82. The summed E-state index contributed by atoms with van der Waals surface area (Å²) >= 11 is 0. The van der Waals surface area contributed by atoms with E-state index >= 15 is 0 Å². The number of hydrogen-bond acceptors (Lipinski definition) is 8. The molecule has 0 spiro atoms. The molecule has 0 aromatic rings. The van der Waals surface area contributed by atoms with Crippen molar-refractivity contribution in [3.63, 3.8) is 0 Å². The fourth-order valence-corrected chi connectivity index (χ4v) is 5.20. The molecular weight excluding hydrogens is 580 g/mol. The molecule has 14 heteroatoms. The Labute approximate surface area is 254 Å². The van der Waals surface area contributed by atoms with Crippen LogP contribution in [0.3, 0.4) is 0 Å². The Morgan fingerprint density at radius 3 is 1.20 bits per heavy atom. The van der Waals surface area contributed by atoms with Gasteiger partial charge in [-0.3, -0.25) is 28.8 Å². The minimum absolute atomic E-state index is 0.206. The second kappa shape index (κ2) is 17.7. The molecule has 0 radical (unpaired) electrons. The second-order valence-electron chi connectivity index (χ2n) is 11.0. The number of carbonyl (C=O) groups is 6. The lowest BCUT2D eigenvalue weighted by atomic mass is 9.83. The first-order valence-electron chi connectivity index (χ1n) is 14.0. The van der Waals surface area contributed by atoms with Crippen LogP contribution in [0.15, 0.2) is 47.6 Å². The van der Waals surface area contributed by atoms with Crippen LogP contribution in [0.5, 0.6) is 0 Å². The van der Waals surface area contributed by atoms with Crippen LogP contribution in [-0.4, -0.2) is 91.6 Å². The standard InChI is InChI=1S/2C15H21NO6/c2*1-8(4-3-5-9(2)14(19)20)11-7-16-13(15(21)22)10(11)6-12(17)18/h2*3-5,9-11,13,16H,6-7H2,1-2H3,(H,17,18)(H,19,20)(H,21,22)/b2*5-3+,8-4-/t2*9-,10+,11-,13+/m11/s1. The first-order chi connectivity index (χ1) is 20.5. The molecule has 8 N–H and O–H groups in total. The maximum Gasteiger partial charge on any atom is 0.321 e. The first-order valence-corrected chi connectivity index (χ1v) is 14.0. The minimum atomic E-state index is -1.06. The van der Waals surface area contributed by atoms with E-state index in [0.29, 0.717) is 13.1 Å². The molecule has 0 bridgehead atoms. The van der Waals surface area contributed by atoms with E-state index < -0.39 is 71.6 Å². The average Bonchev–Trinajstić information content (AvgIpc) is 3.52. The topological polar surface area (TPSA) is 248 Å². The highest BCUT2D eigenvalue weighted by atomic mass is 16.4. The first kappa shape index (κ1) is 37.7. The van der Waals surface area contributed by atoms with Gasteiger partial charge in [0.2, 0.25) is 0 Å². The lowest BCUT2D eigenvalue weighted by Crippen LogP contribution is -2.36. The van der Waals surface area contributed by atoms with E-state index in [2.05, 4.69) is 10.6 Å². The summed E-state index contributed by atoms with van der Waals surface area (Å²) in [4.78, 5) is 65.7. The summed E-state index contributed by atoms with van der Waals surface area (Å²) in [6.07, 6.45) is 9.24.